The summed E-state index contributed by atoms with van der Waals surface area (Å²) in [5, 5.41) is 14.9. The van der Waals surface area contributed by atoms with Crippen molar-refractivity contribution in [2.45, 2.75) is 26.2 Å². The van der Waals surface area contributed by atoms with Crippen molar-refractivity contribution in [2.75, 3.05) is 11.9 Å². The van der Waals surface area contributed by atoms with Crippen LogP contribution in [0.1, 0.15) is 26.2 Å². The summed E-state index contributed by atoms with van der Waals surface area (Å²) in [5.41, 5.74) is 0.885. The molecule has 3 rings (SSSR count). The zero-order valence-electron chi connectivity index (χ0n) is 12.1. The van der Waals surface area contributed by atoms with Crippen LogP contribution < -0.4 is 5.32 Å². The van der Waals surface area contributed by atoms with Gasteiger partial charge >= 0.3 is 0 Å². The second-order valence-electron chi connectivity index (χ2n) is 6.00. The predicted molar refractivity (Wildman–Crippen MR) is 83.4 cm³/mol. The van der Waals surface area contributed by atoms with Crippen LogP contribution in [0.3, 0.4) is 0 Å². The molecule has 0 amide bonds. The summed E-state index contributed by atoms with van der Waals surface area (Å²) in [4.78, 5) is 14.9. The van der Waals surface area contributed by atoms with Gasteiger partial charge in [-0.05, 0) is 42.9 Å². The first-order valence-electron chi connectivity index (χ1n) is 7.41. The van der Waals surface area contributed by atoms with Crippen LogP contribution in [-0.4, -0.2) is 16.5 Å². The lowest BCUT2D eigenvalue weighted by molar-refractivity contribution is -0.384. The fourth-order valence-electron chi connectivity index (χ4n) is 3.08. The van der Waals surface area contributed by atoms with Gasteiger partial charge in [-0.3, -0.25) is 10.1 Å². The summed E-state index contributed by atoms with van der Waals surface area (Å²) in [6.07, 6.45) is 3.89. The van der Waals surface area contributed by atoms with Crippen molar-refractivity contribution >= 4 is 22.4 Å². The van der Waals surface area contributed by atoms with Crippen LogP contribution in [-0.2, 0) is 0 Å². The van der Waals surface area contributed by atoms with E-state index in [1.54, 1.807) is 12.1 Å². The number of non-ortho nitro benzene ring substituents is 1. The molecule has 1 aromatic carbocycles. The lowest BCUT2D eigenvalue weighted by Crippen LogP contribution is -2.12. The highest BCUT2D eigenvalue weighted by molar-refractivity contribution is 5.82. The zero-order valence-corrected chi connectivity index (χ0v) is 12.1. The summed E-state index contributed by atoms with van der Waals surface area (Å²) >= 11 is 0. The van der Waals surface area contributed by atoms with Gasteiger partial charge in [0.15, 0.2) is 0 Å². The maximum atomic E-state index is 10.8. The van der Waals surface area contributed by atoms with E-state index in [1.165, 1.54) is 25.3 Å². The van der Waals surface area contributed by atoms with Gasteiger partial charge < -0.3 is 5.32 Å². The SMILES string of the molecule is CC1CCC(CNc2ccc3cc([N+](=O)[O-])ccc3n2)C1. The van der Waals surface area contributed by atoms with Gasteiger partial charge in [-0.15, -0.1) is 0 Å². The van der Waals surface area contributed by atoms with Crippen molar-refractivity contribution < 1.29 is 4.92 Å². The van der Waals surface area contributed by atoms with Crippen molar-refractivity contribution in [1.82, 2.24) is 4.98 Å². The molecule has 5 heteroatoms. The minimum absolute atomic E-state index is 0.102. The normalized spacial score (nSPS) is 21.6. The predicted octanol–water partition coefficient (Wildman–Crippen LogP) is 3.99. The van der Waals surface area contributed by atoms with Crippen molar-refractivity contribution in [2.24, 2.45) is 11.8 Å². The first-order valence-corrected chi connectivity index (χ1v) is 7.41. The average Bonchev–Trinajstić information content (AvgIpc) is 2.90. The molecule has 2 unspecified atom stereocenters. The van der Waals surface area contributed by atoms with Gasteiger partial charge in [-0.1, -0.05) is 13.3 Å². The smallest absolute Gasteiger partial charge is 0.270 e. The van der Waals surface area contributed by atoms with E-state index in [4.69, 9.17) is 0 Å². The second-order valence-corrected chi connectivity index (χ2v) is 6.00. The van der Waals surface area contributed by atoms with Crippen LogP contribution in [0.4, 0.5) is 11.5 Å². The van der Waals surface area contributed by atoms with E-state index in [2.05, 4.69) is 17.2 Å². The third kappa shape index (κ3) is 3.12. The summed E-state index contributed by atoms with van der Waals surface area (Å²) in [7, 11) is 0. The number of nitro benzene ring substituents is 1. The quantitative estimate of drug-likeness (QED) is 0.681. The van der Waals surface area contributed by atoms with Crippen LogP contribution in [0.5, 0.6) is 0 Å². The Morgan fingerprint density at radius 1 is 1.33 bits per heavy atom. The Hall–Kier alpha value is -2.17. The molecule has 110 valence electrons. The minimum Gasteiger partial charge on any atom is -0.370 e. The van der Waals surface area contributed by atoms with E-state index in [1.807, 2.05) is 12.1 Å². The van der Waals surface area contributed by atoms with Crippen molar-refractivity contribution in [3.05, 3.63) is 40.4 Å². The number of hydrogen-bond acceptors (Lipinski definition) is 4. The fourth-order valence-corrected chi connectivity index (χ4v) is 3.08. The van der Waals surface area contributed by atoms with Gasteiger partial charge in [0.05, 0.1) is 10.4 Å². The monoisotopic (exact) mass is 285 g/mol. The molecule has 0 radical (unpaired) electrons. The van der Waals surface area contributed by atoms with E-state index in [0.29, 0.717) is 0 Å². The van der Waals surface area contributed by atoms with Crippen molar-refractivity contribution in [1.29, 1.82) is 0 Å². The molecule has 1 fully saturated rings. The van der Waals surface area contributed by atoms with Crippen molar-refractivity contribution in [3.8, 4) is 0 Å². The van der Waals surface area contributed by atoms with E-state index in [-0.39, 0.29) is 10.6 Å². The molecule has 21 heavy (non-hydrogen) atoms. The number of nitro groups is 1. The molecule has 1 aliphatic rings. The van der Waals surface area contributed by atoms with E-state index >= 15 is 0 Å². The number of pyridine rings is 1. The molecule has 1 aromatic heterocycles. The van der Waals surface area contributed by atoms with Crippen LogP contribution in [0, 0.1) is 22.0 Å². The third-order valence-corrected chi connectivity index (χ3v) is 4.26. The van der Waals surface area contributed by atoms with E-state index < -0.39 is 0 Å². The lowest BCUT2D eigenvalue weighted by atomic mass is 10.1. The molecular formula is C16H19N3O2. The molecule has 1 saturated carbocycles. The molecule has 2 atom stereocenters. The highest BCUT2D eigenvalue weighted by atomic mass is 16.6. The molecule has 0 spiro atoms. The zero-order chi connectivity index (χ0) is 14.8. The Kier molecular flexibility index (Phi) is 3.73. The average molecular weight is 285 g/mol. The van der Waals surface area contributed by atoms with Crippen LogP contribution in [0.25, 0.3) is 10.9 Å². The number of nitrogens with zero attached hydrogens (tertiary/aromatic N) is 2. The second kappa shape index (κ2) is 5.68. The van der Waals surface area contributed by atoms with Crippen LogP contribution >= 0.6 is 0 Å². The maximum absolute atomic E-state index is 10.8. The molecule has 0 bridgehead atoms. The Morgan fingerprint density at radius 3 is 2.90 bits per heavy atom. The molecule has 5 nitrogen and oxygen atoms in total. The molecule has 1 N–H and O–H groups in total. The molecule has 1 heterocycles. The van der Waals surface area contributed by atoms with E-state index in [0.717, 1.165) is 35.1 Å². The number of benzene rings is 1. The highest BCUT2D eigenvalue weighted by Gasteiger charge is 2.20. The largest absolute Gasteiger partial charge is 0.370 e. The van der Waals surface area contributed by atoms with E-state index in [9.17, 15) is 10.1 Å². The van der Waals surface area contributed by atoms with Gasteiger partial charge in [0, 0.05) is 24.1 Å². The number of aromatic nitrogens is 1. The van der Waals surface area contributed by atoms with Gasteiger partial charge in [-0.2, -0.15) is 0 Å². The summed E-state index contributed by atoms with van der Waals surface area (Å²) in [5.74, 6) is 2.41. The Bertz CT molecular complexity index is 672. The fraction of sp³-hybridized carbons (Fsp3) is 0.438. The summed E-state index contributed by atoms with van der Waals surface area (Å²) < 4.78 is 0. The standard InChI is InChI=1S/C16H19N3O2/c1-11-2-3-12(8-11)10-17-16-7-4-13-9-14(19(20)21)5-6-15(13)18-16/h4-7,9,11-12H,2-3,8,10H2,1H3,(H,17,18). The Balaban J connectivity index is 1.72. The lowest BCUT2D eigenvalue weighted by Gasteiger charge is -2.12. The van der Waals surface area contributed by atoms with Gasteiger partial charge in [-0.25, -0.2) is 4.98 Å². The Morgan fingerprint density at radius 2 is 2.19 bits per heavy atom. The number of fused-ring (bicyclic) bond motifs is 1. The molecule has 0 aliphatic heterocycles. The van der Waals surface area contributed by atoms with Gasteiger partial charge in [0.25, 0.3) is 5.69 Å². The van der Waals surface area contributed by atoms with Gasteiger partial charge in [0.1, 0.15) is 5.82 Å². The number of nitrogens with one attached hydrogen (secondary N) is 1. The summed E-state index contributed by atoms with van der Waals surface area (Å²) in [6, 6.07) is 8.54. The van der Waals surface area contributed by atoms with Gasteiger partial charge in [0.2, 0.25) is 0 Å². The molecule has 2 aromatic rings. The topological polar surface area (TPSA) is 68.1 Å². The molecule has 0 saturated heterocycles. The first kappa shape index (κ1) is 13.8. The molecule has 1 aliphatic carbocycles. The van der Waals surface area contributed by atoms with Crippen molar-refractivity contribution in [3.63, 3.8) is 0 Å². The maximum Gasteiger partial charge on any atom is 0.270 e. The van der Waals surface area contributed by atoms with Crippen LogP contribution in [0.2, 0.25) is 0 Å². The Labute approximate surface area is 123 Å². The summed E-state index contributed by atoms with van der Waals surface area (Å²) in [6.45, 7) is 3.26. The van der Waals surface area contributed by atoms with Crippen LogP contribution in [0.15, 0.2) is 30.3 Å². The third-order valence-electron chi connectivity index (χ3n) is 4.26. The minimum atomic E-state index is -0.382. The number of rotatable bonds is 4. The highest BCUT2D eigenvalue weighted by Crippen LogP contribution is 2.30. The molecular weight excluding hydrogens is 266 g/mol. The first-order chi connectivity index (χ1) is 10.1. The number of hydrogen-bond donors (Lipinski definition) is 1. The number of anilines is 1.